The highest BCUT2D eigenvalue weighted by molar-refractivity contribution is 7.13. The van der Waals surface area contributed by atoms with Crippen molar-refractivity contribution in [2.24, 2.45) is 5.92 Å². The normalized spacial score (nSPS) is 15.2. The van der Waals surface area contributed by atoms with Gasteiger partial charge in [-0.25, -0.2) is 4.98 Å². The van der Waals surface area contributed by atoms with E-state index in [2.05, 4.69) is 16.7 Å². The maximum atomic E-state index is 12.8. The fraction of sp³-hybridized carbons (Fsp3) is 0.185. The van der Waals surface area contributed by atoms with Crippen molar-refractivity contribution < 1.29 is 14.4 Å². The number of benzene rings is 2. The van der Waals surface area contributed by atoms with Crippen LogP contribution in [0.15, 0.2) is 71.4 Å². The minimum absolute atomic E-state index is 0.0380. The number of carbonyl (C=O) groups excluding carboxylic acids is 3. The maximum Gasteiger partial charge on any atom is 0.229 e. The zero-order valence-corrected chi connectivity index (χ0v) is 21.0. The molecule has 1 unspecified atom stereocenters. The van der Waals surface area contributed by atoms with Gasteiger partial charge in [0.2, 0.25) is 18.2 Å². The topological polar surface area (TPSA) is 91.4 Å². The number of thiophene rings is 1. The summed E-state index contributed by atoms with van der Waals surface area (Å²) < 4.78 is 0. The van der Waals surface area contributed by atoms with Crippen LogP contribution in [-0.4, -0.2) is 41.2 Å². The minimum atomic E-state index is -0.338. The van der Waals surface area contributed by atoms with Crippen molar-refractivity contribution >= 4 is 52.3 Å². The first-order valence-electron chi connectivity index (χ1n) is 11.6. The average Bonchev–Trinajstić information content (AvgIpc) is 3.66. The Bertz CT molecular complexity index is 1350. The molecular weight excluding hydrogens is 492 g/mol. The minimum Gasteiger partial charge on any atom is -0.342 e. The number of hydrogen-bond acceptors (Lipinski definition) is 6. The van der Waals surface area contributed by atoms with E-state index in [1.807, 2.05) is 65.4 Å². The van der Waals surface area contributed by atoms with Gasteiger partial charge in [-0.1, -0.05) is 18.2 Å². The lowest BCUT2D eigenvalue weighted by Crippen LogP contribution is -2.29. The Kier molecular flexibility index (Phi) is 7.20. The summed E-state index contributed by atoms with van der Waals surface area (Å²) in [5.41, 5.74) is 4.21. The van der Waals surface area contributed by atoms with E-state index in [9.17, 15) is 14.4 Å². The highest BCUT2D eigenvalue weighted by Crippen LogP contribution is 2.30. The third-order valence-electron chi connectivity index (χ3n) is 6.10. The molecule has 4 aromatic rings. The number of nitrogens with zero attached hydrogens (tertiary/aromatic N) is 2. The number of thiazole rings is 1. The number of likely N-dealkylation sites (tertiary alicyclic amines) is 1. The van der Waals surface area contributed by atoms with Crippen LogP contribution < -0.4 is 10.6 Å². The van der Waals surface area contributed by atoms with Gasteiger partial charge in [0, 0.05) is 52.3 Å². The molecule has 0 spiro atoms. The summed E-state index contributed by atoms with van der Waals surface area (Å²) in [5, 5.41) is 10.5. The van der Waals surface area contributed by atoms with Crippen LogP contribution in [0.3, 0.4) is 0 Å². The Morgan fingerprint density at radius 3 is 2.50 bits per heavy atom. The third kappa shape index (κ3) is 5.53. The van der Waals surface area contributed by atoms with Crippen molar-refractivity contribution in [3.8, 4) is 21.8 Å². The van der Waals surface area contributed by atoms with Gasteiger partial charge in [-0.3, -0.25) is 14.4 Å². The van der Waals surface area contributed by atoms with E-state index in [1.54, 1.807) is 27.6 Å². The lowest BCUT2D eigenvalue weighted by atomic mass is 10.1. The Balaban J connectivity index is 1.17. The van der Waals surface area contributed by atoms with Gasteiger partial charge in [-0.15, -0.1) is 22.7 Å². The second kappa shape index (κ2) is 10.8. The molecule has 5 rings (SSSR count). The van der Waals surface area contributed by atoms with Gasteiger partial charge in [0.15, 0.2) is 0 Å². The lowest BCUT2D eigenvalue weighted by Gasteiger charge is -2.16. The van der Waals surface area contributed by atoms with Gasteiger partial charge in [-0.05, 0) is 54.3 Å². The molecule has 7 nitrogen and oxygen atoms in total. The number of nitrogens with one attached hydrogen (secondary N) is 2. The number of anilines is 2. The predicted octanol–water partition coefficient (Wildman–Crippen LogP) is 5.14. The quantitative estimate of drug-likeness (QED) is 0.302. The molecule has 1 atom stereocenters. The van der Waals surface area contributed by atoms with Gasteiger partial charge in [-0.2, -0.15) is 0 Å². The van der Waals surface area contributed by atoms with Gasteiger partial charge in [0.1, 0.15) is 5.01 Å². The van der Waals surface area contributed by atoms with Crippen molar-refractivity contribution in [1.82, 2.24) is 9.88 Å². The molecule has 0 saturated carbocycles. The Morgan fingerprint density at radius 1 is 1.03 bits per heavy atom. The molecule has 2 aromatic heterocycles. The van der Waals surface area contributed by atoms with Crippen LogP contribution in [0.25, 0.3) is 21.8 Å². The van der Waals surface area contributed by atoms with Gasteiger partial charge < -0.3 is 15.5 Å². The summed E-state index contributed by atoms with van der Waals surface area (Å²) in [6.45, 7) is 1.11. The van der Waals surface area contributed by atoms with Gasteiger partial charge in [0.25, 0.3) is 0 Å². The molecular formula is C27H24N4O3S2. The van der Waals surface area contributed by atoms with E-state index in [-0.39, 0.29) is 24.2 Å². The molecule has 2 aromatic carbocycles. The van der Waals surface area contributed by atoms with E-state index in [0.29, 0.717) is 25.2 Å². The molecule has 0 radical (unpaired) electrons. The summed E-state index contributed by atoms with van der Waals surface area (Å²) in [6, 6.07) is 19.2. The number of carbonyl (C=O) groups is 3. The second-order valence-electron chi connectivity index (χ2n) is 8.51. The van der Waals surface area contributed by atoms with Crippen LogP contribution >= 0.6 is 22.7 Å². The molecule has 3 amide bonds. The highest BCUT2D eigenvalue weighted by atomic mass is 32.1. The van der Waals surface area contributed by atoms with E-state index in [0.717, 1.165) is 33.9 Å². The molecule has 0 bridgehead atoms. The summed E-state index contributed by atoms with van der Waals surface area (Å²) in [7, 11) is 0. The first kappa shape index (κ1) is 23.9. The largest absolute Gasteiger partial charge is 0.342 e. The lowest BCUT2D eigenvalue weighted by molar-refractivity contribution is -0.128. The van der Waals surface area contributed by atoms with Gasteiger partial charge >= 0.3 is 0 Å². The molecule has 2 N–H and O–H groups in total. The standard InChI is InChI=1S/C27H24N4O3S2/c32-17-28-21-7-5-19(6-8-21)27-30-24(16-36-27)18-3-9-22(10-4-18)29-26(34)20-14-25(33)31(15-20)12-11-23-2-1-13-35-23/h1-10,13,16-17,20H,11-12,14-15H2,(H,28,32)(H,29,34). The number of hydrogen-bond donors (Lipinski definition) is 2. The monoisotopic (exact) mass is 516 g/mol. The van der Waals surface area contributed by atoms with Crippen molar-refractivity contribution in [1.29, 1.82) is 0 Å². The maximum absolute atomic E-state index is 12.8. The molecule has 0 aliphatic carbocycles. The molecule has 1 aliphatic heterocycles. The zero-order valence-electron chi connectivity index (χ0n) is 19.3. The molecule has 9 heteroatoms. The molecule has 3 heterocycles. The van der Waals surface area contributed by atoms with Crippen LogP contribution in [0.4, 0.5) is 11.4 Å². The molecule has 182 valence electrons. The SMILES string of the molecule is O=CNc1ccc(-c2nc(-c3ccc(NC(=O)C4CC(=O)N(CCc5cccs5)C4)cc3)cs2)cc1. The van der Waals surface area contributed by atoms with Crippen molar-refractivity contribution in [2.75, 3.05) is 23.7 Å². The van der Waals surface area contributed by atoms with Crippen LogP contribution in [0, 0.1) is 5.92 Å². The Hall–Kier alpha value is -3.82. The predicted molar refractivity (Wildman–Crippen MR) is 144 cm³/mol. The number of rotatable bonds is 9. The third-order valence-corrected chi connectivity index (χ3v) is 7.93. The van der Waals surface area contributed by atoms with E-state index >= 15 is 0 Å². The van der Waals surface area contributed by atoms with E-state index < -0.39 is 0 Å². The van der Waals surface area contributed by atoms with Crippen molar-refractivity contribution in [3.05, 3.63) is 76.3 Å². The molecule has 36 heavy (non-hydrogen) atoms. The van der Waals surface area contributed by atoms with Crippen LogP contribution in [-0.2, 0) is 20.8 Å². The van der Waals surface area contributed by atoms with Crippen LogP contribution in [0.5, 0.6) is 0 Å². The summed E-state index contributed by atoms with van der Waals surface area (Å²) >= 11 is 3.23. The average molecular weight is 517 g/mol. The zero-order chi connectivity index (χ0) is 24.9. The van der Waals surface area contributed by atoms with Crippen LogP contribution in [0.1, 0.15) is 11.3 Å². The van der Waals surface area contributed by atoms with Crippen molar-refractivity contribution in [3.63, 3.8) is 0 Å². The number of aromatic nitrogens is 1. The first-order chi connectivity index (χ1) is 17.6. The Morgan fingerprint density at radius 2 is 1.78 bits per heavy atom. The smallest absolute Gasteiger partial charge is 0.229 e. The summed E-state index contributed by atoms with van der Waals surface area (Å²) in [6.07, 6.45) is 1.72. The summed E-state index contributed by atoms with van der Waals surface area (Å²) in [4.78, 5) is 43.5. The van der Waals surface area contributed by atoms with E-state index in [4.69, 9.17) is 4.98 Å². The molecule has 1 aliphatic rings. The van der Waals surface area contributed by atoms with E-state index in [1.165, 1.54) is 4.88 Å². The fourth-order valence-corrected chi connectivity index (χ4v) is 5.68. The van der Waals surface area contributed by atoms with Crippen LogP contribution in [0.2, 0.25) is 0 Å². The van der Waals surface area contributed by atoms with Crippen molar-refractivity contribution in [2.45, 2.75) is 12.8 Å². The Labute approximate surface area is 216 Å². The first-order valence-corrected chi connectivity index (χ1v) is 13.3. The highest BCUT2D eigenvalue weighted by Gasteiger charge is 2.34. The molecule has 1 fully saturated rings. The second-order valence-corrected chi connectivity index (χ2v) is 10.4. The summed E-state index contributed by atoms with van der Waals surface area (Å²) in [5.74, 6) is -0.427. The fourth-order valence-electron chi connectivity index (χ4n) is 4.15. The van der Waals surface area contributed by atoms with Gasteiger partial charge in [0.05, 0.1) is 11.6 Å². The number of amides is 3. The molecule has 1 saturated heterocycles.